The maximum Gasteiger partial charge on any atom is 0.229 e. The fraction of sp³-hybridized carbons (Fsp3) is 0.476. The first-order valence-electron chi connectivity index (χ1n) is 9.29. The van der Waals surface area contributed by atoms with Gasteiger partial charge in [-0.05, 0) is 31.0 Å². The summed E-state index contributed by atoms with van der Waals surface area (Å²) in [6.45, 7) is 6.77. The summed E-state index contributed by atoms with van der Waals surface area (Å²) in [7, 11) is 1.65. The van der Waals surface area contributed by atoms with E-state index in [2.05, 4.69) is 4.90 Å². The Balaban J connectivity index is 1.72. The molecule has 5 nitrogen and oxygen atoms in total. The molecule has 26 heavy (non-hydrogen) atoms. The van der Waals surface area contributed by atoms with E-state index in [4.69, 9.17) is 9.15 Å². The minimum absolute atomic E-state index is 0.0369. The van der Waals surface area contributed by atoms with Crippen LogP contribution in [-0.4, -0.2) is 37.0 Å². The largest absolute Gasteiger partial charge is 0.497 e. The summed E-state index contributed by atoms with van der Waals surface area (Å²) in [5.41, 5.74) is 2.13. The molecule has 5 heteroatoms. The monoisotopic (exact) mass is 356 g/mol. The van der Waals surface area contributed by atoms with Gasteiger partial charge in [0.15, 0.2) is 0 Å². The lowest BCUT2D eigenvalue weighted by Crippen LogP contribution is -2.48. The Labute approximate surface area is 155 Å². The van der Waals surface area contributed by atoms with Crippen molar-refractivity contribution >= 4 is 11.6 Å². The average molecular weight is 356 g/mol. The molecule has 2 heterocycles. The number of nitrogens with zero attached hydrogens (tertiary/aromatic N) is 2. The predicted octanol–water partition coefficient (Wildman–Crippen LogP) is 3.94. The van der Waals surface area contributed by atoms with Gasteiger partial charge in [0.25, 0.3) is 0 Å². The zero-order valence-corrected chi connectivity index (χ0v) is 15.9. The van der Waals surface area contributed by atoms with Gasteiger partial charge < -0.3 is 14.1 Å². The highest BCUT2D eigenvalue weighted by Gasteiger charge is 2.30. The SMILES string of the molecule is COc1cccc(N(C(=O)C(C)C)C2CCN(Cc3ccoc3)CC2)c1. The lowest BCUT2D eigenvalue weighted by molar-refractivity contribution is -0.122. The van der Waals surface area contributed by atoms with Crippen molar-refractivity contribution < 1.29 is 13.9 Å². The molecule has 1 aliphatic rings. The van der Waals surface area contributed by atoms with Gasteiger partial charge in [-0.2, -0.15) is 0 Å². The van der Waals surface area contributed by atoms with Crippen LogP contribution in [0.5, 0.6) is 5.75 Å². The van der Waals surface area contributed by atoms with E-state index in [0.717, 1.165) is 43.9 Å². The van der Waals surface area contributed by atoms with Crippen LogP contribution >= 0.6 is 0 Å². The normalized spacial score (nSPS) is 16.0. The molecule has 1 saturated heterocycles. The van der Waals surface area contributed by atoms with Crippen molar-refractivity contribution in [1.82, 2.24) is 4.90 Å². The summed E-state index contributed by atoms with van der Waals surface area (Å²) in [5, 5.41) is 0. The summed E-state index contributed by atoms with van der Waals surface area (Å²) >= 11 is 0. The van der Waals surface area contributed by atoms with Crippen molar-refractivity contribution in [3.63, 3.8) is 0 Å². The minimum atomic E-state index is -0.0369. The van der Waals surface area contributed by atoms with Gasteiger partial charge in [-0.1, -0.05) is 19.9 Å². The standard InChI is InChI=1S/C21H28N2O3/c1-16(2)21(24)23(19-5-4-6-20(13-19)25-3)18-7-10-22(11-8-18)14-17-9-12-26-15-17/h4-6,9,12-13,15-16,18H,7-8,10-11,14H2,1-3H3. The van der Waals surface area contributed by atoms with Crippen LogP contribution in [0, 0.1) is 5.92 Å². The van der Waals surface area contributed by atoms with Crippen LogP contribution in [0.4, 0.5) is 5.69 Å². The number of hydrogen-bond donors (Lipinski definition) is 0. The summed E-state index contributed by atoms with van der Waals surface area (Å²) in [5.74, 6) is 0.915. The second kappa shape index (κ2) is 8.41. The molecular formula is C21H28N2O3. The Bertz CT molecular complexity index is 704. The number of carbonyl (C=O) groups excluding carboxylic acids is 1. The highest BCUT2D eigenvalue weighted by atomic mass is 16.5. The molecule has 0 N–H and O–H groups in total. The first-order valence-corrected chi connectivity index (χ1v) is 9.29. The van der Waals surface area contributed by atoms with E-state index in [9.17, 15) is 4.79 Å². The van der Waals surface area contributed by atoms with E-state index >= 15 is 0 Å². The van der Waals surface area contributed by atoms with Gasteiger partial charge in [-0.3, -0.25) is 9.69 Å². The van der Waals surface area contributed by atoms with Crippen LogP contribution in [-0.2, 0) is 11.3 Å². The molecule has 0 saturated carbocycles. The molecule has 140 valence electrons. The Morgan fingerprint density at radius 3 is 2.69 bits per heavy atom. The number of piperidine rings is 1. The number of hydrogen-bond acceptors (Lipinski definition) is 4. The number of anilines is 1. The molecule has 0 unspecified atom stereocenters. The van der Waals surface area contributed by atoms with Crippen molar-refractivity contribution in [1.29, 1.82) is 0 Å². The average Bonchev–Trinajstić information content (AvgIpc) is 3.16. The number of methoxy groups -OCH3 is 1. The Morgan fingerprint density at radius 1 is 1.31 bits per heavy atom. The van der Waals surface area contributed by atoms with Crippen LogP contribution in [0.1, 0.15) is 32.3 Å². The smallest absolute Gasteiger partial charge is 0.229 e. The van der Waals surface area contributed by atoms with E-state index < -0.39 is 0 Å². The molecule has 0 bridgehead atoms. The van der Waals surface area contributed by atoms with Crippen LogP contribution in [0.3, 0.4) is 0 Å². The number of benzene rings is 1. The molecule has 1 aliphatic heterocycles. The molecule has 1 aromatic carbocycles. The first-order chi connectivity index (χ1) is 12.6. The fourth-order valence-corrected chi connectivity index (χ4v) is 3.53. The molecule has 0 radical (unpaired) electrons. The molecule has 3 rings (SSSR count). The molecule has 1 fully saturated rings. The maximum absolute atomic E-state index is 12.9. The number of furan rings is 1. The van der Waals surface area contributed by atoms with Gasteiger partial charge in [0.2, 0.25) is 5.91 Å². The molecular weight excluding hydrogens is 328 g/mol. The molecule has 0 spiro atoms. The van der Waals surface area contributed by atoms with Crippen molar-refractivity contribution in [3.05, 3.63) is 48.4 Å². The van der Waals surface area contributed by atoms with Gasteiger partial charge in [-0.25, -0.2) is 0 Å². The van der Waals surface area contributed by atoms with Gasteiger partial charge in [0.05, 0.1) is 19.6 Å². The third kappa shape index (κ3) is 4.28. The van der Waals surface area contributed by atoms with E-state index in [1.54, 1.807) is 19.6 Å². The number of ether oxygens (including phenoxy) is 1. The highest BCUT2D eigenvalue weighted by molar-refractivity contribution is 5.95. The van der Waals surface area contributed by atoms with Crippen molar-refractivity contribution in [2.24, 2.45) is 5.92 Å². The van der Waals surface area contributed by atoms with Crippen LogP contribution in [0.15, 0.2) is 47.3 Å². The fourth-order valence-electron chi connectivity index (χ4n) is 3.53. The zero-order valence-electron chi connectivity index (χ0n) is 15.9. The van der Waals surface area contributed by atoms with Gasteiger partial charge in [0, 0.05) is 48.9 Å². The van der Waals surface area contributed by atoms with Crippen molar-refractivity contribution in [3.8, 4) is 5.75 Å². The third-order valence-corrected chi connectivity index (χ3v) is 4.97. The summed E-state index contributed by atoms with van der Waals surface area (Å²) in [6.07, 6.45) is 5.45. The minimum Gasteiger partial charge on any atom is -0.497 e. The van der Waals surface area contributed by atoms with Gasteiger partial charge >= 0.3 is 0 Å². The van der Waals surface area contributed by atoms with Gasteiger partial charge in [-0.15, -0.1) is 0 Å². The molecule has 1 aromatic heterocycles. The van der Waals surface area contributed by atoms with Crippen LogP contribution in [0.25, 0.3) is 0 Å². The molecule has 0 aliphatic carbocycles. The quantitative estimate of drug-likeness (QED) is 0.786. The number of amides is 1. The molecule has 0 atom stereocenters. The maximum atomic E-state index is 12.9. The van der Waals surface area contributed by atoms with Crippen LogP contribution < -0.4 is 9.64 Å². The number of rotatable bonds is 6. The first kappa shape index (κ1) is 18.5. The molecule has 2 aromatic rings. The Hall–Kier alpha value is -2.27. The zero-order chi connectivity index (χ0) is 18.5. The topological polar surface area (TPSA) is 45.9 Å². The van der Waals surface area contributed by atoms with Crippen molar-refractivity contribution in [2.75, 3.05) is 25.1 Å². The Kier molecular flexibility index (Phi) is 5.99. The number of carbonyl (C=O) groups is 1. The lowest BCUT2D eigenvalue weighted by atomic mass is 9.99. The predicted molar refractivity (Wildman–Crippen MR) is 102 cm³/mol. The van der Waals surface area contributed by atoms with Crippen molar-refractivity contribution in [2.45, 2.75) is 39.3 Å². The molecule has 1 amide bonds. The summed E-state index contributed by atoms with van der Waals surface area (Å²) in [6, 6.07) is 10.0. The Morgan fingerprint density at radius 2 is 2.08 bits per heavy atom. The highest BCUT2D eigenvalue weighted by Crippen LogP contribution is 2.29. The summed E-state index contributed by atoms with van der Waals surface area (Å²) in [4.78, 5) is 17.3. The number of likely N-dealkylation sites (tertiary alicyclic amines) is 1. The lowest BCUT2D eigenvalue weighted by Gasteiger charge is -2.39. The second-order valence-electron chi connectivity index (χ2n) is 7.20. The van der Waals surface area contributed by atoms with E-state index in [1.807, 2.05) is 49.1 Å². The second-order valence-corrected chi connectivity index (χ2v) is 7.20. The summed E-state index contributed by atoms with van der Waals surface area (Å²) < 4.78 is 10.5. The van der Waals surface area contributed by atoms with E-state index in [0.29, 0.717) is 0 Å². The van der Waals surface area contributed by atoms with E-state index in [-0.39, 0.29) is 17.9 Å². The van der Waals surface area contributed by atoms with Gasteiger partial charge in [0.1, 0.15) is 5.75 Å². The van der Waals surface area contributed by atoms with Crippen LogP contribution in [0.2, 0.25) is 0 Å². The third-order valence-electron chi connectivity index (χ3n) is 4.97. The van der Waals surface area contributed by atoms with E-state index in [1.165, 1.54) is 5.56 Å².